The minimum absolute atomic E-state index is 0.00998. The molecule has 0 unspecified atom stereocenters. The normalized spacial score (nSPS) is 9.92. The number of aryl methyl sites for hydroxylation is 1. The Kier molecular flexibility index (Phi) is 3.29. The third-order valence-electron chi connectivity index (χ3n) is 1.57. The molecule has 0 aromatic heterocycles. The van der Waals surface area contributed by atoms with Crippen LogP contribution >= 0.6 is 27.5 Å². The first-order valence-corrected chi connectivity index (χ1v) is 4.70. The van der Waals surface area contributed by atoms with Gasteiger partial charge in [-0.3, -0.25) is 4.79 Å². The summed E-state index contributed by atoms with van der Waals surface area (Å²) in [6.07, 6.45) is 0.415. The summed E-state index contributed by atoms with van der Waals surface area (Å²) in [4.78, 5) is 10.7. The molecular formula is C9H8BrClO. The number of carbonyl (C=O) groups is 1. The molecule has 0 fully saturated rings. The van der Waals surface area contributed by atoms with Gasteiger partial charge in [0.05, 0.1) is 0 Å². The Balaban J connectivity index is 2.89. The molecule has 0 saturated heterocycles. The molecule has 3 heteroatoms. The van der Waals surface area contributed by atoms with Gasteiger partial charge in [-0.05, 0) is 40.0 Å². The summed E-state index contributed by atoms with van der Waals surface area (Å²) < 4.78 is -0.00998. The Morgan fingerprint density at radius 2 is 2.25 bits per heavy atom. The average molecular weight is 248 g/mol. The summed E-state index contributed by atoms with van der Waals surface area (Å²) in [7, 11) is 0. The van der Waals surface area contributed by atoms with Gasteiger partial charge >= 0.3 is 0 Å². The van der Waals surface area contributed by atoms with Crippen molar-refractivity contribution in [2.45, 2.75) is 13.3 Å². The van der Waals surface area contributed by atoms with E-state index in [1.54, 1.807) is 0 Å². The van der Waals surface area contributed by atoms with Gasteiger partial charge in [0.25, 0.3) is 0 Å². The second-order valence-electron chi connectivity index (χ2n) is 2.62. The van der Waals surface area contributed by atoms with Gasteiger partial charge in [0.2, 0.25) is 4.69 Å². The van der Waals surface area contributed by atoms with Gasteiger partial charge in [-0.15, -0.1) is 0 Å². The first kappa shape index (κ1) is 9.75. The third kappa shape index (κ3) is 2.61. The standard InChI is InChI=1S/C9H8BrClO/c1-6-4-7(5-9(10)12)2-3-8(6)11/h2-4H,5H2,1H3. The van der Waals surface area contributed by atoms with Crippen LogP contribution in [0.15, 0.2) is 18.2 Å². The molecule has 64 valence electrons. The van der Waals surface area contributed by atoms with E-state index in [9.17, 15) is 4.79 Å². The van der Waals surface area contributed by atoms with Gasteiger partial charge in [-0.1, -0.05) is 23.7 Å². The van der Waals surface area contributed by atoms with E-state index in [4.69, 9.17) is 11.6 Å². The Morgan fingerprint density at radius 3 is 2.75 bits per heavy atom. The van der Waals surface area contributed by atoms with E-state index in [2.05, 4.69) is 15.9 Å². The Labute approximate surface area is 84.9 Å². The molecule has 0 aliphatic carbocycles. The topological polar surface area (TPSA) is 17.1 Å². The number of rotatable bonds is 2. The van der Waals surface area contributed by atoms with Crippen LogP contribution in [-0.2, 0) is 11.2 Å². The van der Waals surface area contributed by atoms with E-state index in [0.29, 0.717) is 6.42 Å². The van der Waals surface area contributed by atoms with E-state index in [1.807, 2.05) is 25.1 Å². The molecular weight excluding hydrogens is 239 g/mol. The van der Waals surface area contributed by atoms with Crippen LogP contribution in [0.25, 0.3) is 0 Å². The van der Waals surface area contributed by atoms with Crippen LogP contribution < -0.4 is 0 Å². The summed E-state index contributed by atoms with van der Waals surface area (Å²) in [5.74, 6) is 0. The Hall–Kier alpha value is -0.340. The molecule has 1 rings (SSSR count). The van der Waals surface area contributed by atoms with Crippen molar-refractivity contribution in [1.29, 1.82) is 0 Å². The van der Waals surface area contributed by atoms with Crippen molar-refractivity contribution in [3.8, 4) is 0 Å². The lowest BCUT2D eigenvalue weighted by Gasteiger charge is -2.00. The zero-order valence-corrected chi connectivity index (χ0v) is 8.95. The van der Waals surface area contributed by atoms with E-state index in [-0.39, 0.29) is 4.69 Å². The fourth-order valence-corrected chi connectivity index (χ4v) is 1.42. The number of benzene rings is 1. The molecule has 1 aromatic carbocycles. The monoisotopic (exact) mass is 246 g/mol. The van der Waals surface area contributed by atoms with Crippen LogP contribution in [0.2, 0.25) is 5.02 Å². The lowest BCUT2D eigenvalue weighted by molar-refractivity contribution is -0.109. The molecule has 0 aliphatic rings. The fourth-order valence-electron chi connectivity index (χ4n) is 0.977. The fraction of sp³-hybridized carbons (Fsp3) is 0.222. The number of carbonyl (C=O) groups excluding carboxylic acids is 1. The highest BCUT2D eigenvalue weighted by atomic mass is 79.9. The summed E-state index contributed by atoms with van der Waals surface area (Å²) in [6.45, 7) is 1.92. The van der Waals surface area contributed by atoms with Gasteiger partial charge in [0.1, 0.15) is 0 Å². The lowest BCUT2D eigenvalue weighted by atomic mass is 10.1. The number of halogens is 2. The van der Waals surface area contributed by atoms with Crippen LogP contribution in [-0.4, -0.2) is 4.69 Å². The maximum absolute atomic E-state index is 10.7. The van der Waals surface area contributed by atoms with Crippen molar-refractivity contribution in [2.24, 2.45) is 0 Å². The van der Waals surface area contributed by atoms with Gasteiger partial charge in [0.15, 0.2) is 0 Å². The van der Waals surface area contributed by atoms with Crippen molar-refractivity contribution >= 4 is 32.2 Å². The van der Waals surface area contributed by atoms with Crippen molar-refractivity contribution in [2.75, 3.05) is 0 Å². The molecule has 1 nitrogen and oxygen atoms in total. The smallest absolute Gasteiger partial charge is 0.202 e. The average Bonchev–Trinajstić information content (AvgIpc) is 1.96. The van der Waals surface area contributed by atoms with Gasteiger partial charge in [-0.2, -0.15) is 0 Å². The third-order valence-corrected chi connectivity index (χ3v) is 2.27. The highest BCUT2D eigenvalue weighted by molar-refractivity contribution is 9.18. The first-order chi connectivity index (χ1) is 5.59. The highest BCUT2D eigenvalue weighted by Gasteiger charge is 2.00. The van der Waals surface area contributed by atoms with E-state index >= 15 is 0 Å². The predicted octanol–water partition coefficient (Wildman–Crippen LogP) is 3.11. The van der Waals surface area contributed by atoms with Gasteiger partial charge < -0.3 is 0 Å². The maximum Gasteiger partial charge on any atom is 0.202 e. The van der Waals surface area contributed by atoms with Crippen LogP contribution in [0.5, 0.6) is 0 Å². The largest absolute Gasteiger partial charge is 0.286 e. The molecule has 0 N–H and O–H groups in total. The van der Waals surface area contributed by atoms with Crippen LogP contribution in [0.4, 0.5) is 0 Å². The SMILES string of the molecule is Cc1cc(CC(=O)Br)ccc1Cl. The maximum atomic E-state index is 10.7. The first-order valence-electron chi connectivity index (χ1n) is 3.53. The molecule has 0 aliphatic heterocycles. The molecule has 0 spiro atoms. The molecule has 1 aromatic rings. The number of hydrogen-bond donors (Lipinski definition) is 0. The van der Waals surface area contributed by atoms with Crippen LogP contribution in [0, 0.1) is 6.92 Å². The quantitative estimate of drug-likeness (QED) is 0.734. The molecule has 0 bridgehead atoms. The molecule has 0 amide bonds. The highest BCUT2D eigenvalue weighted by Crippen LogP contribution is 2.16. The van der Waals surface area contributed by atoms with Crippen LogP contribution in [0.1, 0.15) is 11.1 Å². The van der Waals surface area contributed by atoms with Crippen molar-refractivity contribution in [3.05, 3.63) is 34.3 Å². The van der Waals surface area contributed by atoms with E-state index < -0.39 is 0 Å². The zero-order valence-electron chi connectivity index (χ0n) is 6.60. The van der Waals surface area contributed by atoms with Crippen molar-refractivity contribution < 1.29 is 4.79 Å². The van der Waals surface area contributed by atoms with Crippen molar-refractivity contribution in [1.82, 2.24) is 0 Å². The molecule has 12 heavy (non-hydrogen) atoms. The second kappa shape index (κ2) is 4.06. The zero-order chi connectivity index (χ0) is 9.14. The molecule has 0 saturated carbocycles. The summed E-state index contributed by atoms with van der Waals surface area (Å²) in [5, 5.41) is 0.737. The minimum Gasteiger partial charge on any atom is -0.286 e. The Morgan fingerprint density at radius 1 is 1.58 bits per heavy atom. The summed E-state index contributed by atoms with van der Waals surface area (Å²) >= 11 is 8.70. The van der Waals surface area contributed by atoms with Gasteiger partial charge in [0, 0.05) is 11.4 Å². The minimum atomic E-state index is -0.00998. The lowest BCUT2D eigenvalue weighted by Crippen LogP contribution is -1.93. The Bertz CT molecular complexity index is 309. The van der Waals surface area contributed by atoms with Crippen molar-refractivity contribution in [3.63, 3.8) is 0 Å². The predicted molar refractivity (Wildman–Crippen MR) is 53.8 cm³/mol. The van der Waals surface area contributed by atoms with Gasteiger partial charge in [-0.25, -0.2) is 0 Å². The molecule has 0 radical (unpaired) electrons. The van der Waals surface area contributed by atoms with E-state index in [1.165, 1.54) is 0 Å². The summed E-state index contributed by atoms with van der Waals surface area (Å²) in [5.41, 5.74) is 1.99. The summed E-state index contributed by atoms with van der Waals surface area (Å²) in [6, 6.07) is 5.58. The van der Waals surface area contributed by atoms with Crippen LogP contribution in [0.3, 0.4) is 0 Å². The molecule has 0 heterocycles. The second-order valence-corrected chi connectivity index (χ2v) is 3.91. The molecule has 0 atom stereocenters. The van der Waals surface area contributed by atoms with E-state index in [0.717, 1.165) is 16.1 Å². The number of hydrogen-bond acceptors (Lipinski definition) is 1.